The summed E-state index contributed by atoms with van der Waals surface area (Å²) in [5.41, 5.74) is 3.95. The highest BCUT2D eigenvalue weighted by molar-refractivity contribution is 5.80. The molecule has 158 valence electrons. The van der Waals surface area contributed by atoms with Crippen LogP contribution in [0.5, 0.6) is 0 Å². The van der Waals surface area contributed by atoms with E-state index in [-0.39, 0.29) is 23.7 Å². The molecule has 9 nitrogen and oxygen atoms in total. The van der Waals surface area contributed by atoms with E-state index in [1.54, 1.807) is 25.4 Å². The monoisotopic (exact) mass is 417 g/mol. The molecule has 0 atom stereocenters. The Labute approximate surface area is 178 Å². The van der Waals surface area contributed by atoms with Crippen LogP contribution >= 0.6 is 0 Å². The Kier molecular flexibility index (Phi) is 5.74. The Morgan fingerprint density at radius 1 is 1.19 bits per heavy atom. The third kappa shape index (κ3) is 4.61. The van der Waals surface area contributed by atoms with Crippen molar-refractivity contribution in [2.45, 2.75) is 33.2 Å². The minimum Gasteiger partial charge on any atom is -0.360 e. The number of anilines is 2. The van der Waals surface area contributed by atoms with Gasteiger partial charge in [-0.2, -0.15) is 0 Å². The Morgan fingerprint density at radius 2 is 2.06 bits per heavy atom. The molecule has 0 aliphatic carbocycles. The van der Waals surface area contributed by atoms with Gasteiger partial charge in [0.1, 0.15) is 0 Å². The van der Waals surface area contributed by atoms with E-state index < -0.39 is 0 Å². The molecule has 0 spiro atoms. The van der Waals surface area contributed by atoms with E-state index in [1.165, 1.54) is 0 Å². The second-order valence-electron chi connectivity index (χ2n) is 7.16. The first-order valence-electron chi connectivity index (χ1n) is 10.0. The zero-order valence-electron chi connectivity index (χ0n) is 17.3. The molecular formula is C22H23N7O2. The summed E-state index contributed by atoms with van der Waals surface area (Å²) in [4.78, 5) is 43.8. The predicted molar refractivity (Wildman–Crippen MR) is 118 cm³/mol. The summed E-state index contributed by atoms with van der Waals surface area (Å²) in [5, 5.41) is 6.94. The minimum absolute atomic E-state index is 0.0391. The maximum absolute atomic E-state index is 12.5. The number of H-pyrrole nitrogens is 2. The summed E-state index contributed by atoms with van der Waals surface area (Å²) < 4.78 is 0. The molecule has 0 aromatic carbocycles. The van der Waals surface area contributed by atoms with E-state index in [1.807, 2.05) is 31.3 Å². The largest absolute Gasteiger partial charge is 0.360 e. The predicted octanol–water partition coefficient (Wildman–Crippen LogP) is 2.51. The first-order chi connectivity index (χ1) is 15.0. The molecule has 0 saturated heterocycles. The lowest BCUT2D eigenvalue weighted by molar-refractivity contribution is -0.120. The number of rotatable bonds is 7. The summed E-state index contributed by atoms with van der Waals surface area (Å²) in [6, 6.07) is 7.51. The summed E-state index contributed by atoms with van der Waals surface area (Å²) in [7, 11) is 0. The first kappa shape index (κ1) is 20.3. The van der Waals surface area contributed by atoms with E-state index in [0.717, 1.165) is 22.3 Å². The maximum atomic E-state index is 12.5. The highest BCUT2D eigenvalue weighted by Crippen LogP contribution is 2.17. The van der Waals surface area contributed by atoms with Crippen molar-refractivity contribution in [3.63, 3.8) is 0 Å². The van der Waals surface area contributed by atoms with Crippen molar-refractivity contribution in [1.82, 2.24) is 30.2 Å². The number of aryl methyl sites for hydroxylation is 2. The molecule has 1 amide bonds. The van der Waals surface area contributed by atoms with E-state index in [2.05, 4.69) is 35.6 Å². The fourth-order valence-corrected chi connectivity index (χ4v) is 3.29. The number of aromatic nitrogens is 5. The molecule has 9 heteroatoms. The van der Waals surface area contributed by atoms with Gasteiger partial charge in [0, 0.05) is 23.5 Å². The third-order valence-corrected chi connectivity index (χ3v) is 4.96. The average molecular weight is 417 g/mol. The van der Waals surface area contributed by atoms with Crippen molar-refractivity contribution in [1.29, 1.82) is 0 Å². The highest BCUT2D eigenvalue weighted by Gasteiger charge is 2.13. The van der Waals surface area contributed by atoms with Crippen molar-refractivity contribution in [3.05, 3.63) is 76.0 Å². The minimum atomic E-state index is -0.350. The number of hydrogen-bond donors (Lipinski definition) is 4. The lowest BCUT2D eigenvalue weighted by atomic mass is 10.2. The van der Waals surface area contributed by atoms with Gasteiger partial charge in [0.15, 0.2) is 5.82 Å². The fraction of sp³-hybridized carbons (Fsp3) is 0.227. The first-order valence-corrected chi connectivity index (χ1v) is 10.0. The zero-order chi connectivity index (χ0) is 21.8. The summed E-state index contributed by atoms with van der Waals surface area (Å²) in [6.45, 7) is 4.02. The third-order valence-electron chi connectivity index (χ3n) is 4.96. The van der Waals surface area contributed by atoms with Crippen LogP contribution in [-0.2, 0) is 24.2 Å². The molecule has 0 radical (unpaired) electrons. The van der Waals surface area contributed by atoms with Gasteiger partial charge in [0.05, 0.1) is 47.4 Å². The molecule has 0 saturated carbocycles. The number of amides is 1. The lowest BCUT2D eigenvalue weighted by Gasteiger charge is -2.11. The molecular weight excluding hydrogens is 394 g/mol. The van der Waals surface area contributed by atoms with Gasteiger partial charge >= 0.3 is 0 Å². The molecule has 0 unspecified atom stereocenters. The Bertz CT molecular complexity index is 1290. The molecule has 0 aliphatic rings. The van der Waals surface area contributed by atoms with E-state index in [4.69, 9.17) is 0 Å². The van der Waals surface area contributed by atoms with Gasteiger partial charge in [-0.15, -0.1) is 0 Å². The maximum Gasteiger partial charge on any atom is 0.291 e. The quantitative estimate of drug-likeness (QED) is 0.366. The van der Waals surface area contributed by atoms with Crippen LogP contribution in [0, 0.1) is 6.92 Å². The summed E-state index contributed by atoms with van der Waals surface area (Å²) >= 11 is 0. The Morgan fingerprint density at radius 3 is 2.90 bits per heavy atom. The van der Waals surface area contributed by atoms with E-state index in [0.29, 0.717) is 30.0 Å². The molecule has 4 aromatic heterocycles. The van der Waals surface area contributed by atoms with Crippen molar-refractivity contribution in [2.24, 2.45) is 0 Å². The number of nitrogens with zero attached hydrogens (tertiary/aromatic N) is 3. The number of nitrogens with one attached hydrogen (secondary N) is 4. The second kappa shape index (κ2) is 8.78. The molecule has 4 heterocycles. The number of hydrogen-bond acceptors (Lipinski definition) is 6. The van der Waals surface area contributed by atoms with E-state index in [9.17, 15) is 9.59 Å². The molecule has 0 fully saturated rings. The Hall–Kier alpha value is -4.01. The number of carbonyl (C=O) groups excluding carboxylic acids is 1. The van der Waals surface area contributed by atoms with Gasteiger partial charge in [0.2, 0.25) is 5.91 Å². The van der Waals surface area contributed by atoms with Crippen molar-refractivity contribution < 1.29 is 4.79 Å². The summed E-state index contributed by atoms with van der Waals surface area (Å²) in [6.07, 6.45) is 6.04. The van der Waals surface area contributed by atoms with Crippen LogP contribution in [0.3, 0.4) is 0 Å². The van der Waals surface area contributed by atoms with Crippen LogP contribution in [0.2, 0.25) is 0 Å². The van der Waals surface area contributed by atoms with Gasteiger partial charge in [0.25, 0.3) is 5.56 Å². The van der Waals surface area contributed by atoms with Crippen molar-refractivity contribution in [3.8, 4) is 0 Å². The summed E-state index contributed by atoms with van der Waals surface area (Å²) in [5.74, 6) is -0.0733. The van der Waals surface area contributed by atoms with Crippen LogP contribution in [0.15, 0.2) is 47.7 Å². The standard InChI is InChI=1S/C22H23N7O2/c1-3-16-17(5-4-7-23-16)28-21-22(31)27-13(2)18(29-21)10-20(30)26-11-15-9-14-6-8-24-19(14)12-25-15/h4-9,12,24H,3,10-11H2,1-2H3,(H,26,30)(H,27,31)(H,28,29). The van der Waals surface area contributed by atoms with Gasteiger partial charge in [-0.25, -0.2) is 4.98 Å². The van der Waals surface area contributed by atoms with Crippen LogP contribution in [0.25, 0.3) is 10.9 Å². The average Bonchev–Trinajstić information content (AvgIpc) is 3.24. The molecule has 4 N–H and O–H groups in total. The van der Waals surface area contributed by atoms with Crippen molar-refractivity contribution in [2.75, 3.05) is 5.32 Å². The van der Waals surface area contributed by atoms with Crippen LogP contribution < -0.4 is 16.2 Å². The number of fused-ring (bicyclic) bond motifs is 1. The van der Waals surface area contributed by atoms with Crippen molar-refractivity contribution >= 4 is 28.3 Å². The highest BCUT2D eigenvalue weighted by atomic mass is 16.1. The molecule has 0 aliphatic heterocycles. The molecule has 31 heavy (non-hydrogen) atoms. The van der Waals surface area contributed by atoms with Crippen LogP contribution in [0.1, 0.15) is 29.7 Å². The van der Waals surface area contributed by atoms with Gasteiger partial charge < -0.3 is 20.6 Å². The second-order valence-corrected chi connectivity index (χ2v) is 7.16. The number of aromatic amines is 2. The molecule has 0 bridgehead atoms. The number of carbonyl (C=O) groups is 1. The normalized spacial score (nSPS) is 10.9. The van der Waals surface area contributed by atoms with Crippen LogP contribution in [0.4, 0.5) is 11.5 Å². The SMILES string of the molecule is CCc1ncccc1Nc1nc(CC(=O)NCc2cc3cc[nH]c3cn2)c(C)[nH]c1=O. The topological polar surface area (TPSA) is 128 Å². The zero-order valence-corrected chi connectivity index (χ0v) is 17.3. The molecule has 4 rings (SSSR count). The fourth-order valence-electron chi connectivity index (χ4n) is 3.29. The van der Waals surface area contributed by atoms with E-state index >= 15 is 0 Å². The van der Waals surface area contributed by atoms with Gasteiger partial charge in [-0.1, -0.05) is 6.92 Å². The van der Waals surface area contributed by atoms with Gasteiger partial charge in [-0.3, -0.25) is 19.6 Å². The molecule has 4 aromatic rings. The Balaban J connectivity index is 1.46. The number of pyridine rings is 2. The smallest absolute Gasteiger partial charge is 0.291 e. The van der Waals surface area contributed by atoms with Crippen LogP contribution in [-0.4, -0.2) is 30.8 Å². The van der Waals surface area contributed by atoms with Gasteiger partial charge in [-0.05, 0) is 37.6 Å². The lowest BCUT2D eigenvalue weighted by Crippen LogP contribution is -2.27.